The van der Waals surface area contributed by atoms with Gasteiger partial charge in [-0.05, 0) is 13.8 Å². The number of hydrogen-bond donors (Lipinski definition) is 2. The van der Waals surface area contributed by atoms with Gasteiger partial charge in [-0.3, -0.25) is 0 Å². The number of hydrogen-bond acceptors (Lipinski definition) is 4. The number of rotatable bonds is 2. The van der Waals surface area contributed by atoms with E-state index in [-0.39, 0.29) is 0 Å². The van der Waals surface area contributed by atoms with E-state index in [0.717, 1.165) is 0 Å². The molecule has 0 fully saturated rings. The van der Waals surface area contributed by atoms with Crippen LogP contribution in [0.3, 0.4) is 0 Å². The molecule has 82 valence electrons. The molecule has 0 aromatic heterocycles. The normalized spacial score (nSPS) is 14.1. The molecule has 0 aromatic carbocycles. The molecule has 2 N–H and O–H groups in total. The highest BCUT2D eigenvalue weighted by Crippen LogP contribution is 2.29. The lowest BCUT2D eigenvalue weighted by Crippen LogP contribution is -2.46. The van der Waals surface area contributed by atoms with Crippen LogP contribution < -0.4 is 0 Å². The van der Waals surface area contributed by atoms with Crippen molar-refractivity contribution >= 4 is 5.97 Å². The third-order valence-corrected chi connectivity index (χ3v) is 1.97. The Hall–Kier alpha value is -0.870. The second kappa shape index (κ2) is 4.11. The Morgan fingerprint density at radius 1 is 1.29 bits per heavy atom. The monoisotopic (exact) mass is 202 g/mol. The minimum absolute atomic E-state index is 0.335. The van der Waals surface area contributed by atoms with E-state index in [0.29, 0.717) is 5.57 Å². The molecule has 0 bridgehead atoms. The molecule has 0 amide bonds. The lowest BCUT2D eigenvalue weighted by atomic mass is 9.93. The standard InChI is InChI=1S/C10H18O4/c1-6-7(2)8(11)14-10(12,13)9(3,4)5/h6,12-13H,1-5H3. The van der Waals surface area contributed by atoms with E-state index >= 15 is 0 Å². The molecule has 0 aromatic rings. The summed E-state index contributed by atoms with van der Waals surface area (Å²) >= 11 is 0. The zero-order valence-electron chi connectivity index (χ0n) is 9.29. The van der Waals surface area contributed by atoms with Gasteiger partial charge in [0.15, 0.2) is 0 Å². The summed E-state index contributed by atoms with van der Waals surface area (Å²) in [7, 11) is 0. The van der Waals surface area contributed by atoms with Crippen molar-refractivity contribution in [2.75, 3.05) is 0 Å². The van der Waals surface area contributed by atoms with E-state index in [1.807, 2.05) is 0 Å². The first kappa shape index (κ1) is 13.1. The number of aliphatic hydroxyl groups is 2. The van der Waals surface area contributed by atoms with Crippen molar-refractivity contribution in [1.82, 2.24) is 0 Å². The Kier molecular flexibility index (Phi) is 3.85. The molecule has 0 aliphatic rings. The van der Waals surface area contributed by atoms with E-state index in [2.05, 4.69) is 4.74 Å². The Morgan fingerprint density at radius 2 is 1.71 bits per heavy atom. The van der Waals surface area contributed by atoms with E-state index in [9.17, 15) is 15.0 Å². The smallest absolute Gasteiger partial charge is 0.337 e. The molecule has 0 saturated carbocycles. The number of carbonyl (C=O) groups is 1. The topological polar surface area (TPSA) is 66.8 Å². The van der Waals surface area contributed by atoms with Gasteiger partial charge < -0.3 is 14.9 Å². The first-order chi connectivity index (χ1) is 6.12. The summed E-state index contributed by atoms with van der Waals surface area (Å²) in [5, 5.41) is 18.9. The summed E-state index contributed by atoms with van der Waals surface area (Å²) in [5.41, 5.74) is -0.613. The maximum Gasteiger partial charge on any atom is 0.337 e. The molecule has 0 atom stereocenters. The third-order valence-electron chi connectivity index (χ3n) is 1.97. The van der Waals surface area contributed by atoms with Crippen molar-refractivity contribution < 1.29 is 19.7 Å². The van der Waals surface area contributed by atoms with Gasteiger partial charge in [0.05, 0.1) is 5.41 Å². The van der Waals surface area contributed by atoms with Gasteiger partial charge >= 0.3 is 11.9 Å². The summed E-state index contributed by atoms with van der Waals surface area (Å²) in [6, 6.07) is 0. The summed E-state index contributed by atoms with van der Waals surface area (Å²) in [4.78, 5) is 11.2. The van der Waals surface area contributed by atoms with E-state index in [1.165, 1.54) is 0 Å². The van der Waals surface area contributed by atoms with Gasteiger partial charge in [-0.25, -0.2) is 4.79 Å². The number of allylic oxidation sites excluding steroid dienone is 1. The SMILES string of the molecule is CC=C(C)C(=O)OC(O)(O)C(C)(C)C. The number of esters is 1. The zero-order valence-corrected chi connectivity index (χ0v) is 9.29. The Morgan fingerprint density at radius 3 is 2.00 bits per heavy atom. The second-order valence-corrected chi connectivity index (χ2v) is 4.22. The summed E-state index contributed by atoms with van der Waals surface area (Å²) in [6.07, 6.45) is 1.54. The molecule has 0 aliphatic heterocycles. The molecule has 0 heterocycles. The van der Waals surface area contributed by atoms with E-state index in [4.69, 9.17) is 0 Å². The quantitative estimate of drug-likeness (QED) is 0.401. The minimum atomic E-state index is -2.45. The van der Waals surface area contributed by atoms with Crippen LogP contribution in [0, 0.1) is 5.41 Å². The fourth-order valence-corrected chi connectivity index (χ4v) is 0.481. The molecule has 0 radical (unpaired) electrons. The molecule has 4 heteroatoms. The maximum absolute atomic E-state index is 11.2. The molecule has 0 spiro atoms. The maximum atomic E-state index is 11.2. The Labute approximate surface area is 84.2 Å². The van der Waals surface area contributed by atoms with Crippen molar-refractivity contribution in [3.05, 3.63) is 11.6 Å². The molecule has 4 nitrogen and oxygen atoms in total. The predicted octanol–water partition coefficient (Wildman–Crippen LogP) is 1.18. The van der Waals surface area contributed by atoms with Crippen LogP contribution in [0.5, 0.6) is 0 Å². The van der Waals surface area contributed by atoms with Crippen molar-refractivity contribution in [2.45, 2.75) is 40.6 Å². The zero-order chi connectivity index (χ0) is 11.6. The lowest BCUT2D eigenvalue weighted by molar-refractivity contribution is -0.364. The van der Waals surface area contributed by atoms with Gasteiger partial charge in [0, 0.05) is 5.57 Å². The van der Waals surface area contributed by atoms with Gasteiger partial charge in [0.1, 0.15) is 0 Å². The lowest BCUT2D eigenvalue weighted by Gasteiger charge is -2.33. The Bertz CT molecular complexity index is 245. The molecule has 0 saturated heterocycles. The molecular formula is C10H18O4. The fraction of sp³-hybridized carbons (Fsp3) is 0.700. The molecule has 14 heavy (non-hydrogen) atoms. The van der Waals surface area contributed by atoms with Crippen LogP contribution in [0.2, 0.25) is 0 Å². The average molecular weight is 202 g/mol. The van der Waals surface area contributed by atoms with E-state index < -0.39 is 17.4 Å². The second-order valence-electron chi connectivity index (χ2n) is 4.22. The average Bonchev–Trinajstić information content (AvgIpc) is 2.00. The largest absolute Gasteiger partial charge is 0.404 e. The highest BCUT2D eigenvalue weighted by Gasteiger charge is 2.42. The van der Waals surface area contributed by atoms with Crippen LogP contribution in [0.25, 0.3) is 0 Å². The molecule has 0 unspecified atom stereocenters. The summed E-state index contributed by atoms with van der Waals surface area (Å²) < 4.78 is 4.56. The fourth-order valence-electron chi connectivity index (χ4n) is 0.481. The van der Waals surface area contributed by atoms with Crippen LogP contribution in [-0.2, 0) is 9.53 Å². The van der Waals surface area contributed by atoms with Crippen LogP contribution in [-0.4, -0.2) is 22.2 Å². The van der Waals surface area contributed by atoms with Gasteiger partial charge in [0.2, 0.25) is 0 Å². The van der Waals surface area contributed by atoms with Gasteiger partial charge in [0.25, 0.3) is 0 Å². The van der Waals surface area contributed by atoms with Crippen molar-refractivity contribution in [1.29, 1.82) is 0 Å². The van der Waals surface area contributed by atoms with Crippen molar-refractivity contribution in [2.24, 2.45) is 5.41 Å². The highest BCUT2D eigenvalue weighted by molar-refractivity contribution is 5.87. The minimum Gasteiger partial charge on any atom is -0.404 e. The van der Waals surface area contributed by atoms with Crippen LogP contribution in [0.1, 0.15) is 34.6 Å². The molecule has 0 rings (SSSR count). The van der Waals surface area contributed by atoms with Crippen molar-refractivity contribution in [3.63, 3.8) is 0 Å². The summed E-state index contributed by atoms with van der Waals surface area (Å²) in [6.45, 7) is 7.90. The van der Waals surface area contributed by atoms with Crippen LogP contribution in [0.4, 0.5) is 0 Å². The highest BCUT2D eigenvalue weighted by atomic mass is 16.8. The number of ether oxygens (including phenoxy) is 1. The van der Waals surface area contributed by atoms with Gasteiger partial charge in [-0.1, -0.05) is 26.8 Å². The first-order valence-electron chi connectivity index (χ1n) is 4.43. The van der Waals surface area contributed by atoms with Gasteiger partial charge in [-0.15, -0.1) is 0 Å². The molecule has 0 aliphatic carbocycles. The van der Waals surface area contributed by atoms with E-state index in [1.54, 1.807) is 40.7 Å². The number of carbonyl (C=O) groups excluding carboxylic acids is 1. The van der Waals surface area contributed by atoms with Crippen LogP contribution >= 0.6 is 0 Å². The first-order valence-corrected chi connectivity index (χ1v) is 4.43. The molecular weight excluding hydrogens is 184 g/mol. The third kappa shape index (κ3) is 3.12. The Balaban J connectivity index is 4.62. The summed E-state index contributed by atoms with van der Waals surface area (Å²) in [5.74, 6) is -3.18. The van der Waals surface area contributed by atoms with Crippen molar-refractivity contribution in [3.8, 4) is 0 Å². The van der Waals surface area contributed by atoms with Gasteiger partial charge in [-0.2, -0.15) is 0 Å². The predicted molar refractivity (Wildman–Crippen MR) is 52.1 cm³/mol. The van der Waals surface area contributed by atoms with Crippen LogP contribution in [0.15, 0.2) is 11.6 Å².